The minimum absolute atomic E-state index is 0.00715. The lowest BCUT2D eigenvalue weighted by Crippen LogP contribution is -2.56. The quantitative estimate of drug-likeness (QED) is 0.800. The summed E-state index contributed by atoms with van der Waals surface area (Å²) in [6.07, 6.45) is -0.0202. The van der Waals surface area contributed by atoms with Crippen LogP contribution in [0.5, 0.6) is 5.75 Å². The third-order valence-corrected chi connectivity index (χ3v) is 5.03. The van der Waals surface area contributed by atoms with Crippen LogP contribution in [0.3, 0.4) is 0 Å². The maximum Gasteiger partial charge on any atom is 0.254 e. The Bertz CT molecular complexity index is 702. The molecule has 24 heavy (non-hydrogen) atoms. The highest BCUT2D eigenvalue weighted by Crippen LogP contribution is 2.27. The molecule has 0 unspecified atom stereocenters. The maximum atomic E-state index is 12.4. The number of nitrogens with zero attached hydrogens (tertiary/aromatic N) is 1. The Hall–Kier alpha value is -1.69. The van der Waals surface area contributed by atoms with E-state index in [0.717, 1.165) is 4.90 Å². The van der Waals surface area contributed by atoms with Crippen LogP contribution in [-0.4, -0.2) is 47.5 Å². The molecule has 0 saturated carbocycles. The Balaban J connectivity index is 1.52. The number of hydrogen-bond acceptors (Lipinski definition) is 4. The van der Waals surface area contributed by atoms with E-state index in [1.54, 1.807) is 22.7 Å². The van der Waals surface area contributed by atoms with Crippen LogP contribution < -0.4 is 4.74 Å². The second kappa shape index (κ2) is 7.92. The molecule has 1 aliphatic rings. The molecule has 0 radical (unpaired) electrons. The molecule has 3 rings (SSSR count). The van der Waals surface area contributed by atoms with E-state index in [4.69, 9.17) is 21.4 Å². The van der Waals surface area contributed by atoms with Gasteiger partial charge in [-0.05, 0) is 36.4 Å². The Morgan fingerprint density at radius 3 is 2.58 bits per heavy atom. The largest absolute Gasteiger partial charge is 0.485 e. The van der Waals surface area contributed by atoms with Gasteiger partial charge in [0.25, 0.3) is 5.91 Å². The predicted molar refractivity (Wildman–Crippen MR) is 96.0 cm³/mol. The molecule has 4 nitrogen and oxygen atoms in total. The molecule has 1 heterocycles. The number of carbonyl (C=O) groups is 1. The Morgan fingerprint density at radius 1 is 1.21 bits per heavy atom. The molecule has 0 aliphatic carbocycles. The predicted octanol–water partition coefficient (Wildman–Crippen LogP) is 3.33. The van der Waals surface area contributed by atoms with Crippen LogP contribution in [0.4, 0.5) is 0 Å². The van der Waals surface area contributed by atoms with E-state index in [1.165, 1.54) is 0 Å². The number of likely N-dealkylation sites (tertiary alicyclic amines) is 1. The SMILES string of the molecule is O=C(c1ccc(SCCO)cc1)N1CC(Oc2ccccc2Cl)C1. The summed E-state index contributed by atoms with van der Waals surface area (Å²) in [4.78, 5) is 15.2. The lowest BCUT2D eigenvalue weighted by Gasteiger charge is -2.39. The minimum Gasteiger partial charge on any atom is -0.485 e. The highest BCUT2D eigenvalue weighted by Gasteiger charge is 2.33. The van der Waals surface area contributed by atoms with E-state index in [2.05, 4.69) is 0 Å². The van der Waals surface area contributed by atoms with E-state index in [1.807, 2.05) is 42.5 Å². The van der Waals surface area contributed by atoms with Crippen LogP contribution in [-0.2, 0) is 0 Å². The van der Waals surface area contributed by atoms with Gasteiger partial charge in [-0.15, -0.1) is 11.8 Å². The molecule has 6 heteroatoms. The topological polar surface area (TPSA) is 49.8 Å². The molecule has 0 bridgehead atoms. The zero-order valence-corrected chi connectivity index (χ0v) is 14.6. The van der Waals surface area contributed by atoms with Crippen molar-refractivity contribution in [1.82, 2.24) is 4.90 Å². The summed E-state index contributed by atoms with van der Waals surface area (Å²) in [5.74, 6) is 1.31. The lowest BCUT2D eigenvalue weighted by molar-refractivity contribution is 0.0178. The molecule has 1 saturated heterocycles. The van der Waals surface area contributed by atoms with Crippen LogP contribution in [0.2, 0.25) is 5.02 Å². The highest BCUT2D eigenvalue weighted by molar-refractivity contribution is 7.99. The van der Waals surface area contributed by atoms with E-state index in [9.17, 15) is 4.79 Å². The number of halogens is 1. The molecule has 1 aliphatic heterocycles. The smallest absolute Gasteiger partial charge is 0.254 e. The van der Waals surface area contributed by atoms with Crippen molar-refractivity contribution in [2.75, 3.05) is 25.4 Å². The summed E-state index contributed by atoms with van der Waals surface area (Å²) in [6, 6.07) is 14.8. The first-order chi connectivity index (χ1) is 11.7. The normalized spacial score (nSPS) is 14.3. The molecule has 0 aromatic heterocycles. The fraction of sp³-hybridized carbons (Fsp3) is 0.278. The second-order valence-electron chi connectivity index (χ2n) is 5.48. The van der Waals surface area contributed by atoms with Gasteiger partial charge in [0.2, 0.25) is 0 Å². The fourth-order valence-corrected chi connectivity index (χ4v) is 3.27. The molecule has 1 fully saturated rings. The first kappa shape index (κ1) is 17.1. The van der Waals surface area contributed by atoms with Crippen molar-refractivity contribution in [2.45, 2.75) is 11.0 Å². The van der Waals surface area contributed by atoms with Gasteiger partial charge < -0.3 is 14.7 Å². The summed E-state index contributed by atoms with van der Waals surface area (Å²) in [6.45, 7) is 1.27. The van der Waals surface area contributed by atoms with Crippen molar-refractivity contribution in [2.24, 2.45) is 0 Å². The number of aliphatic hydroxyl groups excluding tert-OH is 1. The number of benzene rings is 2. The standard InChI is InChI=1S/C18H18ClNO3S/c19-16-3-1-2-4-17(16)23-14-11-20(12-14)18(22)13-5-7-15(8-6-13)24-10-9-21/h1-8,14,21H,9-12H2. The Morgan fingerprint density at radius 2 is 1.92 bits per heavy atom. The van der Waals surface area contributed by atoms with Gasteiger partial charge in [-0.3, -0.25) is 4.79 Å². The van der Waals surface area contributed by atoms with Crippen LogP contribution >= 0.6 is 23.4 Å². The number of amides is 1. The van der Waals surface area contributed by atoms with E-state index < -0.39 is 0 Å². The Labute approximate surface area is 150 Å². The zero-order valence-electron chi connectivity index (χ0n) is 13.0. The Kier molecular flexibility index (Phi) is 5.66. The maximum absolute atomic E-state index is 12.4. The van der Waals surface area contributed by atoms with Crippen LogP contribution in [0.1, 0.15) is 10.4 Å². The van der Waals surface area contributed by atoms with Gasteiger partial charge in [-0.25, -0.2) is 0 Å². The molecule has 1 amide bonds. The van der Waals surface area contributed by atoms with Crippen LogP contribution in [0.15, 0.2) is 53.4 Å². The van der Waals surface area contributed by atoms with Gasteiger partial charge in [0, 0.05) is 16.2 Å². The van der Waals surface area contributed by atoms with E-state index in [-0.39, 0.29) is 18.6 Å². The molecule has 126 valence electrons. The molecule has 0 atom stereocenters. The molecular formula is C18H18ClNO3S. The van der Waals surface area contributed by atoms with E-state index in [0.29, 0.717) is 35.2 Å². The summed E-state index contributed by atoms with van der Waals surface area (Å²) in [5, 5.41) is 9.41. The van der Waals surface area contributed by atoms with Crippen molar-refractivity contribution < 1.29 is 14.6 Å². The molecule has 2 aromatic rings. The monoisotopic (exact) mass is 363 g/mol. The molecule has 0 spiro atoms. The zero-order chi connectivity index (χ0) is 16.9. The molecule has 1 N–H and O–H groups in total. The average Bonchev–Trinajstić information content (AvgIpc) is 2.57. The summed E-state index contributed by atoms with van der Waals surface area (Å²) in [5.41, 5.74) is 0.666. The molecular weight excluding hydrogens is 346 g/mol. The van der Waals surface area contributed by atoms with Crippen molar-refractivity contribution in [3.05, 3.63) is 59.1 Å². The number of ether oxygens (including phenoxy) is 1. The number of para-hydroxylation sites is 1. The van der Waals surface area contributed by atoms with Crippen LogP contribution in [0.25, 0.3) is 0 Å². The van der Waals surface area contributed by atoms with Gasteiger partial charge >= 0.3 is 0 Å². The number of thioether (sulfide) groups is 1. The summed E-state index contributed by atoms with van der Waals surface area (Å²) >= 11 is 7.64. The first-order valence-corrected chi connectivity index (χ1v) is 9.08. The van der Waals surface area contributed by atoms with E-state index >= 15 is 0 Å². The fourth-order valence-electron chi connectivity index (χ4n) is 2.44. The minimum atomic E-state index is -0.0202. The number of carbonyl (C=O) groups excluding carboxylic acids is 1. The van der Waals surface area contributed by atoms with Gasteiger partial charge in [0.1, 0.15) is 11.9 Å². The van der Waals surface area contributed by atoms with Crippen LogP contribution in [0, 0.1) is 0 Å². The van der Waals surface area contributed by atoms with Gasteiger partial charge in [0.05, 0.1) is 24.7 Å². The van der Waals surface area contributed by atoms with Crippen molar-refractivity contribution >= 4 is 29.3 Å². The van der Waals surface area contributed by atoms with Gasteiger partial charge in [-0.1, -0.05) is 23.7 Å². The number of hydrogen-bond donors (Lipinski definition) is 1. The van der Waals surface area contributed by atoms with Crippen molar-refractivity contribution in [3.63, 3.8) is 0 Å². The third kappa shape index (κ3) is 4.04. The lowest BCUT2D eigenvalue weighted by atomic mass is 10.1. The first-order valence-electron chi connectivity index (χ1n) is 7.71. The third-order valence-electron chi connectivity index (χ3n) is 3.73. The summed E-state index contributed by atoms with van der Waals surface area (Å²) < 4.78 is 5.81. The average molecular weight is 364 g/mol. The van der Waals surface area contributed by atoms with Crippen molar-refractivity contribution in [1.29, 1.82) is 0 Å². The summed E-state index contributed by atoms with van der Waals surface area (Å²) in [7, 11) is 0. The molecule has 2 aromatic carbocycles. The van der Waals surface area contributed by atoms with Crippen molar-refractivity contribution in [3.8, 4) is 5.75 Å². The number of rotatable bonds is 6. The van der Waals surface area contributed by atoms with Gasteiger partial charge in [-0.2, -0.15) is 0 Å². The van der Waals surface area contributed by atoms with Gasteiger partial charge in [0.15, 0.2) is 0 Å². The highest BCUT2D eigenvalue weighted by atomic mass is 35.5. The second-order valence-corrected chi connectivity index (χ2v) is 7.05. The number of aliphatic hydroxyl groups is 1.